The van der Waals surface area contributed by atoms with Gasteiger partial charge in [0.25, 0.3) is 11.8 Å². The van der Waals surface area contributed by atoms with Gasteiger partial charge in [0.2, 0.25) is 0 Å². The number of benzene rings is 1. The molecule has 0 bridgehead atoms. The summed E-state index contributed by atoms with van der Waals surface area (Å²) in [6, 6.07) is 6.59. The molecule has 110 valence electrons. The molecule has 4 rings (SSSR count). The Kier molecular flexibility index (Phi) is 2.79. The minimum atomic E-state index is -0.204. The van der Waals surface area contributed by atoms with Crippen LogP contribution in [0.25, 0.3) is 0 Å². The van der Waals surface area contributed by atoms with Crippen LogP contribution in [0.15, 0.2) is 18.2 Å². The van der Waals surface area contributed by atoms with Crippen molar-refractivity contribution in [1.29, 1.82) is 0 Å². The van der Waals surface area contributed by atoms with Gasteiger partial charge in [-0.3, -0.25) is 19.4 Å². The number of fused-ring (bicyclic) bond motifs is 2. The third kappa shape index (κ3) is 1.87. The fraction of sp³-hybridized carbons (Fsp3) is 0.500. The van der Waals surface area contributed by atoms with Gasteiger partial charge >= 0.3 is 0 Å². The summed E-state index contributed by atoms with van der Waals surface area (Å²) in [6.07, 6.45) is 3.68. The summed E-state index contributed by atoms with van der Waals surface area (Å²) < 4.78 is 0. The first-order chi connectivity index (χ1) is 10.1. The first-order valence-electron chi connectivity index (χ1n) is 7.62. The zero-order valence-electron chi connectivity index (χ0n) is 12.1. The van der Waals surface area contributed by atoms with Crippen molar-refractivity contribution in [3.8, 4) is 0 Å². The Morgan fingerprint density at radius 3 is 2.76 bits per heavy atom. The minimum absolute atomic E-state index is 0.201. The number of carbonyl (C=O) groups excluding carboxylic acids is 2. The Morgan fingerprint density at radius 1 is 1.10 bits per heavy atom. The summed E-state index contributed by atoms with van der Waals surface area (Å²) in [6.45, 7) is 2.37. The molecule has 1 N–H and O–H groups in total. The molecule has 2 atom stereocenters. The highest BCUT2D eigenvalue weighted by Gasteiger charge is 2.37. The molecule has 0 saturated carbocycles. The molecule has 0 spiro atoms. The maximum atomic E-state index is 12.0. The van der Waals surface area contributed by atoms with Gasteiger partial charge < -0.3 is 5.32 Å². The van der Waals surface area contributed by atoms with Crippen LogP contribution in [0, 0.1) is 0 Å². The Morgan fingerprint density at radius 2 is 1.90 bits per heavy atom. The lowest BCUT2D eigenvalue weighted by Gasteiger charge is -2.22. The molecule has 2 fully saturated rings. The number of rotatable bonds is 2. The lowest BCUT2D eigenvalue weighted by Crippen LogP contribution is -2.33. The largest absolute Gasteiger partial charge is 0.381 e. The number of carbonyl (C=O) groups is 2. The van der Waals surface area contributed by atoms with E-state index in [0.29, 0.717) is 23.2 Å². The molecule has 3 aliphatic rings. The summed E-state index contributed by atoms with van der Waals surface area (Å²) >= 11 is 0. The number of hydrogen-bond acceptors (Lipinski definition) is 4. The number of nitrogens with zero attached hydrogens (tertiary/aromatic N) is 2. The zero-order valence-corrected chi connectivity index (χ0v) is 12.1. The first kappa shape index (κ1) is 12.8. The highest BCUT2D eigenvalue weighted by molar-refractivity contribution is 6.21. The van der Waals surface area contributed by atoms with Gasteiger partial charge in [0.05, 0.1) is 11.1 Å². The van der Waals surface area contributed by atoms with Crippen molar-refractivity contribution in [3.05, 3.63) is 29.3 Å². The van der Waals surface area contributed by atoms with Crippen LogP contribution in [0.2, 0.25) is 0 Å². The van der Waals surface area contributed by atoms with E-state index in [9.17, 15) is 9.59 Å². The Labute approximate surface area is 123 Å². The van der Waals surface area contributed by atoms with Crippen molar-refractivity contribution in [2.75, 3.05) is 25.5 Å². The van der Waals surface area contributed by atoms with Crippen LogP contribution in [0.5, 0.6) is 0 Å². The van der Waals surface area contributed by atoms with E-state index in [1.807, 2.05) is 12.1 Å². The smallest absolute Gasteiger partial charge is 0.261 e. The summed E-state index contributed by atoms with van der Waals surface area (Å²) in [7, 11) is 1.53. The van der Waals surface area contributed by atoms with E-state index in [1.54, 1.807) is 6.07 Å². The standard InChI is InChI=1S/C16H19N3O2/c1-18-15(20)11-5-4-10(9-12(11)16(18)21)17-13-6-8-19-7-2-3-14(13)19/h4-5,9,13-14,17H,2-3,6-8H2,1H3. The molecule has 2 saturated heterocycles. The summed E-state index contributed by atoms with van der Waals surface area (Å²) in [5, 5.41) is 3.57. The molecule has 3 heterocycles. The van der Waals surface area contributed by atoms with Gasteiger partial charge in [-0.05, 0) is 44.0 Å². The number of anilines is 1. The predicted molar refractivity (Wildman–Crippen MR) is 79.5 cm³/mol. The molecule has 0 radical (unpaired) electrons. The van der Waals surface area contributed by atoms with E-state index in [4.69, 9.17) is 0 Å². The van der Waals surface area contributed by atoms with E-state index in [0.717, 1.165) is 18.7 Å². The molecule has 0 aliphatic carbocycles. The number of imide groups is 1. The Balaban J connectivity index is 1.58. The number of nitrogens with one attached hydrogen (secondary N) is 1. The monoisotopic (exact) mass is 285 g/mol. The van der Waals surface area contributed by atoms with E-state index >= 15 is 0 Å². The molecule has 3 aliphatic heterocycles. The second-order valence-electron chi connectivity index (χ2n) is 6.21. The molecule has 2 amide bonds. The van der Waals surface area contributed by atoms with E-state index in [1.165, 1.54) is 31.3 Å². The zero-order chi connectivity index (χ0) is 14.6. The van der Waals surface area contributed by atoms with Crippen LogP contribution >= 0.6 is 0 Å². The van der Waals surface area contributed by atoms with Crippen LogP contribution in [-0.4, -0.2) is 53.8 Å². The van der Waals surface area contributed by atoms with Gasteiger partial charge in [-0.25, -0.2) is 0 Å². The first-order valence-corrected chi connectivity index (χ1v) is 7.62. The SMILES string of the molecule is CN1C(=O)c2ccc(NC3CCN4CCCC34)cc2C1=O. The minimum Gasteiger partial charge on any atom is -0.381 e. The highest BCUT2D eigenvalue weighted by Crippen LogP contribution is 2.31. The fourth-order valence-corrected chi connectivity index (χ4v) is 3.92. The summed E-state index contributed by atoms with van der Waals surface area (Å²) in [4.78, 5) is 27.7. The second-order valence-corrected chi connectivity index (χ2v) is 6.21. The summed E-state index contributed by atoms with van der Waals surface area (Å²) in [5.41, 5.74) is 1.99. The quantitative estimate of drug-likeness (QED) is 0.838. The third-order valence-electron chi connectivity index (χ3n) is 5.05. The number of hydrogen-bond donors (Lipinski definition) is 1. The van der Waals surface area contributed by atoms with Crippen LogP contribution < -0.4 is 5.32 Å². The van der Waals surface area contributed by atoms with Crippen LogP contribution in [-0.2, 0) is 0 Å². The highest BCUT2D eigenvalue weighted by atomic mass is 16.2. The van der Waals surface area contributed by atoms with Crippen molar-refractivity contribution in [1.82, 2.24) is 9.80 Å². The van der Waals surface area contributed by atoms with Gasteiger partial charge in [0.1, 0.15) is 0 Å². The van der Waals surface area contributed by atoms with E-state index < -0.39 is 0 Å². The lowest BCUT2D eigenvalue weighted by atomic mass is 10.0. The second kappa shape index (κ2) is 4.56. The molecule has 2 unspecified atom stereocenters. The molecular formula is C16H19N3O2. The van der Waals surface area contributed by atoms with Crippen molar-refractivity contribution in [3.63, 3.8) is 0 Å². The maximum absolute atomic E-state index is 12.0. The van der Waals surface area contributed by atoms with Crippen molar-refractivity contribution < 1.29 is 9.59 Å². The van der Waals surface area contributed by atoms with Gasteiger partial charge in [-0.1, -0.05) is 0 Å². The Hall–Kier alpha value is -1.88. The molecule has 5 nitrogen and oxygen atoms in total. The van der Waals surface area contributed by atoms with Gasteiger partial charge in [-0.2, -0.15) is 0 Å². The van der Waals surface area contributed by atoms with Gasteiger partial charge in [-0.15, -0.1) is 0 Å². The normalized spacial score (nSPS) is 28.1. The van der Waals surface area contributed by atoms with Crippen LogP contribution in [0.4, 0.5) is 5.69 Å². The van der Waals surface area contributed by atoms with Crippen molar-refractivity contribution in [2.45, 2.75) is 31.3 Å². The molecule has 1 aromatic rings. The molecular weight excluding hydrogens is 266 g/mol. The molecule has 21 heavy (non-hydrogen) atoms. The summed E-state index contributed by atoms with van der Waals surface area (Å²) in [5.74, 6) is -0.406. The fourth-order valence-electron chi connectivity index (χ4n) is 3.92. The lowest BCUT2D eigenvalue weighted by molar-refractivity contribution is 0.0693. The molecule has 5 heteroatoms. The molecule has 0 aromatic heterocycles. The predicted octanol–water partition coefficient (Wildman–Crippen LogP) is 1.56. The average molecular weight is 285 g/mol. The maximum Gasteiger partial charge on any atom is 0.261 e. The van der Waals surface area contributed by atoms with Crippen molar-refractivity contribution >= 4 is 17.5 Å². The van der Waals surface area contributed by atoms with E-state index in [2.05, 4.69) is 10.2 Å². The topological polar surface area (TPSA) is 52.7 Å². The number of amides is 2. The Bertz CT molecular complexity index is 628. The van der Waals surface area contributed by atoms with Crippen LogP contribution in [0.3, 0.4) is 0 Å². The third-order valence-corrected chi connectivity index (χ3v) is 5.05. The van der Waals surface area contributed by atoms with Gasteiger partial charge in [0, 0.05) is 31.4 Å². The van der Waals surface area contributed by atoms with Crippen LogP contribution in [0.1, 0.15) is 40.0 Å². The average Bonchev–Trinajstić information content (AvgIpc) is 3.14. The van der Waals surface area contributed by atoms with Gasteiger partial charge in [0.15, 0.2) is 0 Å². The molecule has 1 aromatic carbocycles. The van der Waals surface area contributed by atoms with Crippen molar-refractivity contribution in [2.24, 2.45) is 0 Å². The van der Waals surface area contributed by atoms with E-state index in [-0.39, 0.29) is 11.8 Å².